The van der Waals surface area contributed by atoms with Gasteiger partial charge in [-0.05, 0) is 32.8 Å². The number of pyridine rings is 1. The molecule has 118 valence electrons. The van der Waals surface area contributed by atoms with Crippen molar-refractivity contribution in [2.45, 2.75) is 46.3 Å². The van der Waals surface area contributed by atoms with Gasteiger partial charge in [-0.25, -0.2) is 4.98 Å². The molecule has 1 aromatic heterocycles. The van der Waals surface area contributed by atoms with Gasteiger partial charge in [-0.1, -0.05) is 25.4 Å². The van der Waals surface area contributed by atoms with Crippen LogP contribution in [0.2, 0.25) is 5.02 Å². The molecule has 6 heteroatoms. The smallest absolute Gasteiger partial charge is 0.253 e. The van der Waals surface area contributed by atoms with Crippen LogP contribution in [-0.4, -0.2) is 34.2 Å². The van der Waals surface area contributed by atoms with Crippen LogP contribution in [0.1, 0.15) is 45.0 Å². The van der Waals surface area contributed by atoms with Gasteiger partial charge in [0.2, 0.25) is 5.88 Å². The Hall–Kier alpha value is -1.33. The number of amides is 1. The van der Waals surface area contributed by atoms with Crippen LogP contribution in [0.5, 0.6) is 5.88 Å². The lowest BCUT2D eigenvalue weighted by atomic mass is 9.92. The van der Waals surface area contributed by atoms with Gasteiger partial charge in [-0.3, -0.25) is 4.79 Å². The van der Waals surface area contributed by atoms with E-state index >= 15 is 0 Å². The highest BCUT2D eigenvalue weighted by atomic mass is 35.5. The normalized spacial score (nSPS) is 14.1. The Balaban J connectivity index is 2.74. The van der Waals surface area contributed by atoms with Gasteiger partial charge in [0, 0.05) is 12.7 Å². The lowest BCUT2D eigenvalue weighted by Crippen LogP contribution is -2.44. The third-order valence-electron chi connectivity index (χ3n) is 3.27. The monoisotopic (exact) mass is 314 g/mol. The van der Waals surface area contributed by atoms with Gasteiger partial charge in [-0.2, -0.15) is 0 Å². The molecule has 1 aromatic rings. The molecule has 0 radical (unpaired) electrons. The van der Waals surface area contributed by atoms with Crippen molar-refractivity contribution in [3.63, 3.8) is 0 Å². The molecule has 21 heavy (non-hydrogen) atoms. The fraction of sp³-hybridized carbons (Fsp3) is 0.600. The molecule has 1 amide bonds. The Kier molecular flexibility index (Phi) is 5.98. The molecule has 0 spiro atoms. The molecule has 1 rings (SSSR count). The van der Waals surface area contributed by atoms with Crippen molar-refractivity contribution in [2.75, 3.05) is 6.54 Å². The first-order chi connectivity index (χ1) is 9.63. The Morgan fingerprint density at radius 3 is 2.57 bits per heavy atom. The zero-order valence-corrected chi connectivity index (χ0v) is 13.9. The maximum Gasteiger partial charge on any atom is 0.253 e. The summed E-state index contributed by atoms with van der Waals surface area (Å²) in [6.07, 6.45) is 1.36. The van der Waals surface area contributed by atoms with Crippen molar-refractivity contribution in [3.8, 4) is 5.88 Å². The minimum absolute atomic E-state index is 0.0290. The van der Waals surface area contributed by atoms with Crippen LogP contribution in [0.15, 0.2) is 12.3 Å². The highest BCUT2D eigenvalue weighted by Gasteiger charge is 2.25. The van der Waals surface area contributed by atoms with Crippen LogP contribution >= 0.6 is 11.6 Å². The average Bonchev–Trinajstić information content (AvgIpc) is 2.37. The van der Waals surface area contributed by atoms with E-state index in [0.717, 1.165) is 0 Å². The second-order valence-corrected chi connectivity index (χ2v) is 6.28. The molecule has 1 atom stereocenters. The highest BCUT2D eigenvalue weighted by Crippen LogP contribution is 2.23. The zero-order chi connectivity index (χ0) is 16.2. The summed E-state index contributed by atoms with van der Waals surface area (Å²) in [5.41, 5.74) is -0.635. The van der Waals surface area contributed by atoms with Crippen molar-refractivity contribution in [2.24, 2.45) is 5.92 Å². The van der Waals surface area contributed by atoms with Crippen molar-refractivity contribution in [3.05, 3.63) is 22.8 Å². The molecule has 0 bridgehead atoms. The van der Waals surface area contributed by atoms with Gasteiger partial charge in [0.05, 0.1) is 17.3 Å². The summed E-state index contributed by atoms with van der Waals surface area (Å²) >= 11 is 6.04. The first kappa shape index (κ1) is 17.7. The second kappa shape index (κ2) is 7.09. The molecular formula is C15H23ClN2O3. The lowest BCUT2D eigenvalue weighted by molar-refractivity contribution is 0.0142. The molecule has 1 heterocycles. The molecule has 0 aliphatic heterocycles. The summed E-state index contributed by atoms with van der Waals surface area (Å²) in [7, 11) is 0. The Morgan fingerprint density at radius 1 is 1.48 bits per heavy atom. The number of nitrogens with zero attached hydrogens (tertiary/aromatic N) is 1. The van der Waals surface area contributed by atoms with Crippen LogP contribution in [0, 0.1) is 5.92 Å². The molecule has 1 unspecified atom stereocenters. The standard InChI is InChI=1S/C15H23ClN2O3/c1-9(2)15(5,20)8-18-13(19)11-6-12(16)14(17-7-11)21-10(3)4/h6-7,9-10,20H,8H2,1-5H3,(H,18,19). The van der Waals surface area contributed by atoms with Gasteiger partial charge >= 0.3 is 0 Å². The average molecular weight is 315 g/mol. The first-order valence-corrected chi connectivity index (χ1v) is 7.34. The van der Waals surface area contributed by atoms with Gasteiger partial charge in [-0.15, -0.1) is 0 Å². The van der Waals surface area contributed by atoms with Crippen molar-refractivity contribution in [1.29, 1.82) is 0 Å². The van der Waals surface area contributed by atoms with Crippen molar-refractivity contribution >= 4 is 17.5 Å². The number of ether oxygens (including phenoxy) is 1. The second-order valence-electron chi connectivity index (χ2n) is 5.87. The molecule has 0 saturated carbocycles. The van der Waals surface area contributed by atoms with Crippen LogP contribution < -0.4 is 10.1 Å². The Bertz CT molecular complexity index is 502. The third kappa shape index (κ3) is 5.17. The van der Waals surface area contributed by atoms with E-state index in [0.29, 0.717) is 11.4 Å². The number of aromatic nitrogens is 1. The summed E-state index contributed by atoms with van der Waals surface area (Å²) in [6.45, 7) is 9.36. The fourth-order valence-electron chi connectivity index (χ4n) is 1.42. The van der Waals surface area contributed by atoms with Crippen molar-refractivity contribution < 1.29 is 14.6 Å². The number of carbonyl (C=O) groups is 1. The Labute approximate surface area is 130 Å². The summed E-state index contributed by atoms with van der Waals surface area (Å²) in [6, 6.07) is 1.51. The number of hydrogen-bond donors (Lipinski definition) is 2. The van der Waals surface area contributed by atoms with E-state index in [1.54, 1.807) is 6.92 Å². The van der Waals surface area contributed by atoms with Gasteiger partial charge < -0.3 is 15.2 Å². The molecule has 0 saturated heterocycles. The van der Waals surface area contributed by atoms with Gasteiger partial charge in [0.25, 0.3) is 5.91 Å². The maximum absolute atomic E-state index is 12.0. The van der Waals surface area contributed by atoms with E-state index in [9.17, 15) is 9.90 Å². The molecule has 2 N–H and O–H groups in total. The predicted molar refractivity (Wildman–Crippen MR) is 82.8 cm³/mol. The molecule has 0 fully saturated rings. The number of nitrogens with one attached hydrogen (secondary N) is 1. The number of hydrogen-bond acceptors (Lipinski definition) is 4. The predicted octanol–water partition coefficient (Wildman–Crippen LogP) is 2.66. The Morgan fingerprint density at radius 2 is 2.10 bits per heavy atom. The van der Waals surface area contributed by atoms with E-state index in [-0.39, 0.29) is 29.5 Å². The molecular weight excluding hydrogens is 292 g/mol. The topological polar surface area (TPSA) is 71.5 Å². The van der Waals surface area contributed by atoms with Crippen LogP contribution in [0.4, 0.5) is 0 Å². The maximum atomic E-state index is 12.0. The van der Waals surface area contributed by atoms with E-state index in [4.69, 9.17) is 16.3 Å². The van der Waals surface area contributed by atoms with E-state index < -0.39 is 5.60 Å². The quantitative estimate of drug-likeness (QED) is 0.847. The highest BCUT2D eigenvalue weighted by molar-refractivity contribution is 6.32. The molecule has 0 aliphatic rings. The van der Waals surface area contributed by atoms with Crippen molar-refractivity contribution in [1.82, 2.24) is 10.3 Å². The van der Waals surface area contributed by atoms with E-state index in [1.807, 2.05) is 27.7 Å². The summed E-state index contributed by atoms with van der Waals surface area (Å²) in [5, 5.41) is 13.1. The summed E-state index contributed by atoms with van der Waals surface area (Å²) < 4.78 is 5.41. The number of rotatable bonds is 6. The van der Waals surface area contributed by atoms with Gasteiger partial charge in [0.15, 0.2) is 0 Å². The molecule has 5 nitrogen and oxygen atoms in total. The van der Waals surface area contributed by atoms with E-state index in [1.165, 1.54) is 12.3 Å². The number of halogens is 1. The largest absolute Gasteiger partial charge is 0.474 e. The molecule has 0 aromatic carbocycles. The third-order valence-corrected chi connectivity index (χ3v) is 3.54. The summed E-state index contributed by atoms with van der Waals surface area (Å²) in [4.78, 5) is 16.1. The lowest BCUT2D eigenvalue weighted by Gasteiger charge is -2.27. The van der Waals surface area contributed by atoms with Crippen LogP contribution in [0.3, 0.4) is 0 Å². The SMILES string of the molecule is CC(C)Oc1ncc(C(=O)NCC(C)(O)C(C)C)cc1Cl. The first-order valence-electron chi connectivity index (χ1n) is 6.96. The minimum Gasteiger partial charge on any atom is -0.474 e. The summed E-state index contributed by atoms with van der Waals surface area (Å²) in [5.74, 6) is 0.000135. The number of aliphatic hydroxyl groups is 1. The van der Waals surface area contributed by atoms with Crippen LogP contribution in [-0.2, 0) is 0 Å². The zero-order valence-electron chi connectivity index (χ0n) is 13.1. The van der Waals surface area contributed by atoms with Gasteiger partial charge in [0.1, 0.15) is 5.02 Å². The minimum atomic E-state index is -0.965. The van der Waals surface area contributed by atoms with E-state index in [2.05, 4.69) is 10.3 Å². The fourth-order valence-corrected chi connectivity index (χ4v) is 1.64. The number of carbonyl (C=O) groups excluding carboxylic acids is 1. The van der Waals surface area contributed by atoms with Crippen LogP contribution in [0.25, 0.3) is 0 Å². The molecule has 0 aliphatic carbocycles.